The van der Waals surface area contributed by atoms with Crippen LogP contribution in [0.5, 0.6) is 0 Å². The van der Waals surface area contributed by atoms with E-state index in [1.54, 1.807) is 0 Å². The van der Waals surface area contributed by atoms with Crippen LogP contribution in [-0.4, -0.2) is 22.7 Å². The van der Waals surface area contributed by atoms with Gasteiger partial charge in [0.1, 0.15) is 12.4 Å². The van der Waals surface area contributed by atoms with Crippen molar-refractivity contribution in [2.45, 2.75) is 0 Å². The molecular formula is C7H6ClN2O2. The van der Waals surface area contributed by atoms with Gasteiger partial charge in [0.15, 0.2) is 0 Å². The smallest absolute Gasteiger partial charge is 0.271 e. The van der Waals surface area contributed by atoms with Gasteiger partial charge < -0.3 is 10.4 Å². The molecule has 1 amide bonds. The molecule has 1 aromatic rings. The van der Waals surface area contributed by atoms with Crippen molar-refractivity contribution in [1.82, 2.24) is 10.3 Å². The van der Waals surface area contributed by atoms with Crippen molar-refractivity contribution in [3.8, 4) is 0 Å². The Hall–Kier alpha value is -1.13. The lowest BCUT2D eigenvalue weighted by molar-refractivity contribution is 0.0905. The highest BCUT2D eigenvalue weighted by Crippen LogP contribution is 2.04. The highest BCUT2D eigenvalue weighted by atomic mass is 35.5. The fraction of sp³-hybridized carbons (Fsp3) is 0.143. The fourth-order valence-corrected chi connectivity index (χ4v) is 0.728. The molecule has 63 valence electrons. The van der Waals surface area contributed by atoms with Gasteiger partial charge in [-0.3, -0.25) is 4.79 Å². The molecule has 0 aliphatic heterocycles. The number of aliphatic hydroxyl groups is 1. The van der Waals surface area contributed by atoms with E-state index in [4.69, 9.17) is 16.7 Å². The van der Waals surface area contributed by atoms with Crippen LogP contribution in [0.2, 0.25) is 5.02 Å². The monoisotopic (exact) mass is 185 g/mol. The van der Waals surface area contributed by atoms with Gasteiger partial charge in [-0.25, -0.2) is 4.98 Å². The van der Waals surface area contributed by atoms with Gasteiger partial charge in [0, 0.05) is 12.3 Å². The average molecular weight is 186 g/mol. The van der Waals surface area contributed by atoms with Crippen molar-refractivity contribution < 1.29 is 9.90 Å². The van der Waals surface area contributed by atoms with Crippen molar-refractivity contribution in [1.29, 1.82) is 0 Å². The Morgan fingerprint density at radius 1 is 1.83 bits per heavy atom. The first-order chi connectivity index (χ1) is 5.74. The van der Waals surface area contributed by atoms with Crippen LogP contribution in [0.15, 0.2) is 12.3 Å². The first-order valence-electron chi connectivity index (χ1n) is 3.16. The van der Waals surface area contributed by atoms with Crippen LogP contribution in [0.4, 0.5) is 0 Å². The second-order valence-electron chi connectivity index (χ2n) is 1.94. The summed E-state index contributed by atoms with van der Waals surface area (Å²) in [6.07, 6.45) is 1.31. The summed E-state index contributed by atoms with van der Waals surface area (Å²) in [4.78, 5) is 14.7. The molecule has 0 fully saturated rings. The van der Waals surface area contributed by atoms with Crippen LogP contribution < -0.4 is 5.32 Å². The number of nitrogens with one attached hydrogen (secondary N) is 1. The Labute approximate surface area is 74.2 Å². The van der Waals surface area contributed by atoms with Crippen LogP contribution in [0.3, 0.4) is 0 Å². The number of hydrogen-bond acceptors (Lipinski definition) is 3. The summed E-state index contributed by atoms with van der Waals surface area (Å²) in [5.74, 6) is -0.453. The minimum Gasteiger partial charge on any atom is -0.376 e. The molecule has 1 heterocycles. The van der Waals surface area contributed by atoms with E-state index in [1.165, 1.54) is 12.3 Å². The van der Waals surface area contributed by atoms with Crippen molar-refractivity contribution in [3.63, 3.8) is 0 Å². The van der Waals surface area contributed by atoms with Gasteiger partial charge in [-0.15, -0.1) is 0 Å². The van der Waals surface area contributed by atoms with Gasteiger partial charge in [-0.05, 0) is 6.07 Å². The molecule has 0 spiro atoms. The van der Waals surface area contributed by atoms with Crippen LogP contribution >= 0.6 is 11.6 Å². The molecule has 0 aromatic carbocycles. The van der Waals surface area contributed by atoms with E-state index in [1.807, 2.05) is 0 Å². The third-order valence-electron chi connectivity index (χ3n) is 1.14. The molecule has 0 atom stereocenters. The third kappa shape index (κ3) is 2.18. The maximum atomic E-state index is 11.0. The standard InChI is InChI=1S/C7H6ClN2O2/c8-5-1-2-6(9-3-5)7(12)10-4-11/h2-3,11H,4H2,(H,10,12). The Morgan fingerprint density at radius 3 is 3.08 bits per heavy atom. The van der Waals surface area contributed by atoms with E-state index in [-0.39, 0.29) is 5.69 Å². The van der Waals surface area contributed by atoms with Crippen LogP contribution in [0, 0.1) is 6.07 Å². The summed E-state index contributed by atoms with van der Waals surface area (Å²) in [5.41, 5.74) is 0.174. The highest BCUT2D eigenvalue weighted by molar-refractivity contribution is 6.30. The van der Waals surface area contributed by atoms with E-state index in [0.717, 1.165) is 0 Å². The zero-order valence-corrected chi connectivity index (χ0v) is 6.80. The summed E-state index contributed by atoms with van der Waals surface area (Å²) < 4.78 is 0. The topological polar surface area (TPSA) is 62.2 Å². The number of pyridine rings is 1. The number of carbonyl (C=O) groups is 1. The summed E-state index contributed by atoms with van der Waals surface area (Å²) >= 11 is 5.49. The molecule has 1 radical (unpaired) electrons. The molecule has 5 heteroatoms. The summed E-state index contributed by atoms with van der Waals surface area (Å²) in [6, 6.07) is 3.95. The summed E-state index contributed by atoms with van der Waals surface area (Å²) in [5, 5.41) is 10.9. The number of nitrogens with zero attached hydrogens (tertiary/aromatic N) is 1. The number of rotatable bonds is 2. The lowest BCUT2D eigenvalue weighted by Gasteiger charge is -1.98. The van der Waals surface area contributed by atoms with E-state index in [9.17, 15) is 4.79 Å². The molecule has 0 aliphatic rings. The van der Waals surface area contributed by atoms with Gasteiger partial charge >= 0.3 is 0 Å². The normalized spacial score (nSPS) is 9.50. The molecule has 2 N–H and O–H groups in total. The second kappa shape index (κ2) is 4.04. The maximum Gasteiger partial charge on any atom is 0.271 e. The molecule has 0 saturated heterocycles. The van der Waals surface area contributed by atoms with Crippen molar-refractivity contribution >= 4 is 17.5 Å². The van der Waals surface area contributed by atoms with Crippen molar-refractivity contribution in [2.24, 2.45) is 0 Å². The molecule has 0 bridgehead atoms. The molecule has 0 aliphatic carbocycles. The van der Waals surface area contributed by atoms with Crippen molar-refractivity contribution in [2.75, 3.05) is 6.73 Å². The number of aromatic nitrogens is 1. The lowest BCUT2D eigenvalue weighted by atomic mass is 10.3. The zero-order valence-electron chi connectivity index (χ0n) is 6.04. The van der Waals surface area contributed by atoms with Crippen LogP contribution in [0.25, 0.3) is 0 Å². The van der Waals surface area contributed by atoms with E-state index >= 15 is 0 Å². The molecule has 1 aromatic heterocycles. The molecule has 1 rings (SSSR count). The van der Waals surface area contributed by atoms with Gasteiger partial charge in [-0.1, -0.05) is 11.6 Å². The van der Waals surface area contributed by atoms with Gasteiger partial charge in [0.25, 0.3) is 5.91 Å². The SMILES string of the molecule is O=C(NCO)c1c[c]c(Cl)cn1. The fourth-order valence-electron chi connectivity index (χ4n) is 0.625. The molecule has 12 heavy (non-hydrogen) atoms. The number of aliphatic hydroxyl groups excluding tert-OH is 1. The number of hydrogen-bond donors (Lipinski definition) is 2. The Bertz CT molecular complexity index is 273. The summed E-state index contributed by atoms with van der Waals surface area (Å²) in [6.45, 7) is -0.414. The molecule has 0 saturated carbocycles. The van der Waals surface area contributed by atoms with Crippen LogP contribution in [0.1, 0.15) is 10.5 Å². The number of carbonyl (C=O) groups excluding carboxylic acids is 1. The number of halogens is 1. The quantitative estimate of drug-likeness (QED) is 0.648. The Morgan fingerprint density at radius 2 is 2.58 bits per heavy atom. The zero-order chi connectivity index (χ0) is 8.97. The van der Waals surface area contributed by atoms with E-state index in [0.29, 0.717) is 5.02 Å². The van der Waals surface area contributed by atoms with Crippen LogP contribution in [-0.2, 0) is 0 Å². The molecule has 0 unspecified atom stereocenters. The van der Waals surface area contributed by atoms with Crippen molar-refractivity contribution in [3.05, 3.63) is 29.0 Å². The highest BCUT2D eigenvalue weighted by Gasteiger charge is 2.04. The lowest BCUT2D eigenvalue weighted by Crippen LogP contribution is -2.24. The predicted molar refractivity (Wildman–Crippen MR) is 42.6 cm³/mol. The van der Waals surface area contributed by atoms with Gasteiger partial charge in [-0.2, -0.15) is 0 Å². The maximum absolute atomic E-state index is 11.0. The minimum atomic E-state index is -0.453. The number of amides is 1. The third-order valence-corrected chi connectivity index (χ3v) is 1.34. The van der Waals surface area contributed by atoms with E-state index in [2.05, 4.69) is 16.4 Å². The summed E-state index contributed by atoms with van der Waals surface area (Å²) in [7, 11) is 0. The van der Waals surface area contributed by atoms with Gasteiger partial charge in [0.05, 0.1) is 5.02 Å². The molecule has 4 nitrogen and oxygen atoms in total. The first-order valence-corrected chi connectivity index (χ1v) is 3.54. The predicted octanol–water partition coefficient (Wildman–Crippen LogP) is 0.215. The second-order valence-corrected chi connectivity index (χ2v) is 2.35. The van der Waals surface area contributed by atoms with Gasteiger partial charge in [0.2, 0.25) is 0 Å². The first kappa shape index (κ1) is 8.96. The Kier molecular flexibility index (Phi) is 3.01. The largest absolute Gasteiger partial charge is 0.376 e. The molecular weight excluding hydrogens is 180 g/mol. The van der Waals surface area contributed by atoms with E-state index < -0.39 is 12.6 Å². The minimum absolute atomic E-state index is 0.174. The Balaban J connectivity index is 2.75. The average Bonchev–Trinajstić information content (AvgIpc) is 2.06.